The van der Waals surface area contributed by atoms with Gasteiger partial charge in [0.1, 0.15) is 0 Å². The van der Waals surface area contributed by atoms with E-state index in [1.54, 1.807) is 30.3 Å². The van der Waals surface area contributed by atoms with Crippen LogP contribution >= 0.6 is 0 Å². The van der Waals surface area contributed by atoms with Gasteiger partial charge in [0.25, 0.3) is 11.5 Å². The lowest BCUT2D eigenvalue weighted by atomic mass is 9.91. The van der Waals surface area contributed by atoms with Gasteiger partial charge < -0.3 is 14.7 Å². The van der Waals surface area contributed by atoms with Crippen LogP contribution in [0, 0.1) is 0 Å². The Kier molecular flexibility index (Phi) is 4.81. The van der Waals surface area contributed by atoms with E-state index in [0.29, 0.717) is 16.7 Å². The highest BCUT2D eigenvalue weighted by molar-refractivity contribution is 5.94. The smallest absolute Gasteiger partial charge is 0.388 e. The number of aromatic nitrogens is 3. The number of nitrogens with zero attached hydrogens (tertiary/aromatic N) is 1. The summed E-state index contributed by atoms with van der Waals surface area (Å²) in [4.78, 5) is 38.3. The Bertz CT molecular complexity index is 1070. The maximum atomic E-state index is 12.3. The number of carbonyl (C=O) groups is 1. The second-order valence-corrected chi connectivity index (χ2v) is 7.15. The van der Waals surface area contributed by atoms with Gasteiger partial charge in [0.15, 0.2) is 0 Å². The van der Waals surface area contributed by atoms with E-state index in [2.05, 4.69) is 20.5 Å². The predicted octanol–water partition coefficient (Wildman–Crippen LogP) is 1.95. The summed E-state index contributed by atoms with van der Waals surface area (Å²) in [7, 11) is 0. The zero-order valence-electron chi connectivity index (χ0n) is 15.3. The van der Waals surface area contributed by atoms with Crippen LogP contribution in [0.3, 0.4) is 0 Å². The fourth-order valence-electron chi connectivity index (χ4n) is 2.48. The predicted molar refractivity (Wildman–Crippen MR) is 99.5 cm³/mol. The van der Waals surface area contributed by atoms with Crippen molar-refractivity contribution in [2.75, 3.05) is 0 Å². The van der Waals surface area contributed by atoms with Gasteiger partial charge in [-0.25, -0.2) is 9.89 Å². The number of H-pyrrole nitrogens is 2. The zero-order chi connectivity index (χ0) is 19.6. The fourth-order valence-corrected chi connectivity index (χ4v) is 2.48. The van der Waals surface area contributed by atoms with Crippen molar-refractivity contribution >= 4 is 5.91 Å². The number of rotatable bonds is 4. The van der Waals surface area contributed by atoms with Crippen LogP contribution in [0.2, 0.25) is 0 Å². The van der Waals surface area contributed by atoms with Crippen molar-refractivity contribution in [2.45, 2.75) is 32.7 Å². The molecule has 0 aliphatic carbocycles. The molecule has 8 heteroatoms. The van der Waals surface area contributed by atoms with Crippen molar-refractivity contribution in [3.05, 3.63) is 74.1 Å². The van der Waals surface area contributed by atoms with E-state index in [0.717, 1.165) is 5.69 Å². The van der Waals surface area contributed by atoms with E-state index in [-0.39, 0.29) is 29.3 Å². The second kappa shape index (κ2) is 7.06. The van der Waals surface area contributed by atoms with Gasteiger partial charge in [0.05, 0.1) is 0 Å². The highest BCUT2D eigenvalue weighted by Gasteiger charge is 2.16. The minimum atomic E-state index is -0.644. The third-order valence-electron chi connectivity index (χ3n) is 4.07. The van der Waals surface area contributed by atoms with Gasteiger partial charge in [-0.3, -0.25) is 9.59 Å². The highest BCUT2D eigenvalue weighted by Crippen LogP contribution is 2.18. The SMILES string of the molecule is CC(C)(C)c1ccc(CNC(=O)c2ccc(-c3n[nH]c(=O)o3)cc2)c(=O)[nH]1. The maximum absolute atomic E-state index is 12.3. The number of amides is 1. The van der Waals surface area contributed by atoms with Gasteiger partial charge in [-0.05, 0) is 36.4 Å². The second-order valence-electron chi connectivity index (χ2n) is 7.15. The van der Waals surface area contributed by atoms with Gasteiger partial charge in [-0.1, -0.05) is 20.8 Å². The van der Waals surface area contributed by atoms with E-state index in [1.807, 2.05) is 26.8 Å². The largest absolute Gasteiger partial charge is 0.434 e. The summed E-state index contributed by atoms with van der Waals surface area (Å²) >= 11 is 0. The van der Waals surface area contributed by atoms with Crippen molar-refractivity contribution < 1.29 is 9.21 Å². The lowest BCUT2D eigenvalue weighted by molar-refractivity contribution is 0.0951. The molecule has 0 aliphatic rings. The molecule has 0 saturated heterocycles. The van der Waals surface area contributed by atoms with Crippen LogP contribution in [0.4, 0.5) is 0 Å². The first-order valence-corrected chi connectivity index (χ1v) is 8.41. The summed E-state index contributed by atoms with van der Waals surface area (Å²) < 4.78 is 4.86. The number of nitrogens with one attached hydrogen (secondary N) is 3. The monoisotopic (exact) mass is 368 g/mol. The first-order chi connectivity index (χ1) is 12.7. The summed E-state index contributed by atoms with van der Waals surface area (Å²) in [6.45, 7) is 6.15. The number of hydrogen-bond donors (Lipinski definition) is 3. The van der Waals surface area contributed by atoms with Crippen molar-refractivity contribution in [3.63, 3.8) is 0 Å². The number of pyridine rings is 1. The molecule has 140 valence electrons. The topological polar surface area (TPSA) is 121 Å². The van der Waals surface area contributed by atoms with Crippen LogP contribution in [-0.2, 0) is 12.0 Å². The Morgan fingerprint density at radius 2 is 1.81 bits per heavy atom. The summed E-state index contributed by atoms with van der Waals surface area (Å²) in [6.07, 6.45) is 0. The molecule has 0 fully saturated rings. The quantitative estimate of drug-likeness (QED) is 0.650. The molecule has 0 radical (unpaired) electrons. The Hall–Kier alpha value is -3.42. The molecule has 2 heterocycles. The Labute approximate surface area is 154 Å². The summed E-state index contributed by atoms with van der Waals surface area (Å²) in [5.74, 6) is -0.809. The molecule has 2 aromatic heterocycles. The van der Waals surface area contributed by atoms with Crippen LogP contribution in [0.15, 0.2) is 50.4 Å². The van der Waals surface area contributed by atoms with Gasteiger partial charge in [0, 0.05) is 34.3 Å². The first kappa shape index (κ1) is 18.4. The number of hydrogen-bond acceptors (Lipinski definition) is 5. The first-order valence-electron chi connectivity index (χ1n) is 8.41. The fraction of sp³-hybridized carbons (Fsp3) is 0.263. The van der Waals surface area contributed by atoms with Gasteiger partial charge >= 0.3 is 5.76 Å². The minimum absolute atomic E-state index is 0.120. The summed E-state index contributed by atoms with van der Waals surface area (Å²) in [5, 5.41) is 8.63. The average molecular weight is 368 g/mol. The van der Waals surface area contributed by atoms with Crippen molar-refractivity contribution in [3.8, 4) is 11.5 Å². The molecule has 3 rings (SSSR count). The highest BCUT2D eigenvalue weighted by atomic mass is 16.4. The molecule has 0 spiro atoms. The standard InChI is InChI=1S/C19H20N4O4/c1-19(2,3)14-9-8-13(16(25)21-14)10-20-15(24)11-4-6-12(7-5-11)17-22-23-18(26)27-17/h4-9H,10H2,1-3H3,(H,20,24)(H,21,25)(H,23,26). The number of aromatic amines is 2. The molecule has 3 N–H and O–H groups in total. The zero-order valence-corrected chi connectivity index (χ0v) is 15.3. The normalized spacial score (nSPS) is 11.4. The molecule has 1 aromatic carbocycles. The van der Waals surface area contributed by atoms with Gasteiger partial charge in [-0.2, -0.15) is 0 Å². The Balaban J connectivity index is 1.67. The van der Waals surface area contributed by atoms with Crippen LogP contribution in [0.1, 0.15) is 42.4 Å². The summed E-state index contributed by atoms with van der Waals surface area (Å²) in [6, 6.07) is 10.0. The van der Waals surface area contributed by atoms with Crippen LogP contribution < -0.4 is 16.6 Å². The van der Waals surface area contributed by atoms with Crippen molar-refractivity contribution in [1.82, 2.24) is 20.5 Å². The Morgan fingerprint density at radius 3 is 2.37 bits per heavy atom. The van der Waals surface area contributed by atoms with E-state index in [4.69, 9.17) is 4.42 Å². The lowest BCUT2D eigenvalue weighted by Gasteiger charge is -2.18. The average Bonchev–Trinajstić information content (AvgIpc) is 3.06. The van der Waals surface area contributed by atoms with Crippen LogP contribution in [0.25, 0.3) is 11.5 Å². The molecule has 0 unspecified atom stereocenters. The maximum Gasteiger partial charge on any atom is 0.434 e. The molecule has 27 heavy (non-hydrogen) atoms. The van der Waals surface area contributed by atoms with Crippen molar-refractivity contribution in [2.24, 2.45) is 0 Å². The van der Waals surface area contributed by atoms with E-state index >= 15 is 0 Å². The van der Waals surface area contributed by atoms with E-state index in [1.165, 1.54) is 0 Å². The van der Waals surface area contributed by atoms with Gasteiger partial charge in [-0.15, -0.1) is 5.10 Å². The number of benzene rings is 1. The third-order valence-corrected chi connectivity index (χ3v) is 4.07. The third kappa shape index (κ3) is 4.22. The minimum Gasteiger partial charge on any atom is -0.388 e. The molecule has 0 bridgehead atoms. The van der Waals surface area contributed by atoms with E-state index in [9.17, 15) is 14.4 Å². The molecule has 0 saturated carbocycles. The molecule has 1 amide bonds. The van der Waals surface area contributed by atoms with Gasteiger partial charge in [0.2, 0.25) is 5.89 Å². The van der Waals surface area contributed by atoms with Crippen LogP contribution in [0.5, 0.6) is 0 Å². The molecular formula is C19H20N4O4. The molecule has 3 aromatic rings. The Morgan fingerprint density at radius 1 is 1.11 bits per heavy atom. The number of carbonyl (C=O) groups excluding carboxylic acids is 1. The molecule has 0 atom stereocenters. The van der Waals surface area contributed by atoms with E-state index < -0.39 is 5.76 Å². The van der Waals surface area contributed by atoms with Crippen molar-refractivity contribution in [1.29, 1.82) is 0 Å². The molecule has 8 nitrogen and oxygen atoms in total. The van der Waals surface area contributed by atoms with Crippen LogP contribution in [-0.4, -0.2) is 21.1 Å². The summed E-state index contributed by atoms with van der Waals surface area (Å²) in [5.41, 5.74) is 1.93. The molecule has 0 aliphatic heterocycles. The molecular weight excluding hydrogens is 348 g/mol. The lowest BCUT2D eigenvalue weighted by Crippen LogP contribution is -2.28.